The molecule has 10 heteroatoms. The Balaban J connectivity index is 0.00000289. The normalized spacial score (nSPS) is 12.1. The van der Waals surface area contributed by atoms with Crippen molar-refractivity contribution in [2.24, 2.45) is 4.99 Å². The summed E-state index contributed by atoms with van der Waals surface area (Å²) in [6.45, 7) is 0. The Kier molecular flexibility index (Phi) is 6.63. The summed E-state index contributed by atoms with van der Waals surface area (Å²) in [6, 6.07) is 15.1. The van der Waals surface area contributed by atoms with Gasteiger partial charge in [-0.05, 0) is 47.5 Å². The number of carboxylic acids is 2. The van der Waals surface area contributed by atoms with E-state index in [0.29, 0.717) is 22.7 Å². The van der Waals surface area contributed by atoms with Crippen molar-refractivity contribution >= 4 is 35.7 Å². The zero-order valence-corrected chi connectivity index (χ0v) is 17.6. The molecule has 9 nitrogen and oxygen atoms in total. The molecule has 1 radical (unpaired) electrons. The maximum atomic E-state index is 11.2. The van der Waals surface area contributed by atoms with Crippen LogP contribution in [-0.4, -0.2) is 44.4 Å². The molecular formula is C22H15N2O7V+. The van der Waals surface area contributed by atoms with E-state index < -0.39 is 11.9 Å². The van der Waals surface area contributed by atoms with Gasteiger partial charge < -0.3 is 15.3 Å². The van der Waals surface area contributed by atoms with Crippen molar-refractivity contribution in [1.82, 2.24) is 0 Å². The van der Waals surface area contributed by atoms with Gasteiger partial charge in [0.2, 0.25) is 6.21 Å². The minimum atomic E-state index is -1.12. The summed E-state index contributed by atoms with van der Waals surface area (Å²) < 4.78 is 1.29. The minimum Gasteiger partial charge on any atom is -0.507 e. The molecular weight excluding hydrogens is 455 g/mol. The van der Waals surface area contributed by atoms with Gasteiger partial charge in [0.1, 0.15) is 11.4 Å². The van der Waals surface area contributed by atoms with E-state index in [1.165, 1.54) is 47.4 Å². The number of carbonyl (C=O) groups is 2. The van der Waals surface area contributed by atoms with Crippen molar-refractivity contribution in [3.05, 3.63) is 82.9 Å². The number of phenols is 1. The summed E-state index contributed by atoms with van der Waals surface area (Å²) in [6.07, 6.45) is 2.89. The van der Waals surface area contributed by atoms with Gasteiger partial charge in [0.25, 0.3) is 5.69 Å². The number of hydrogen-bond acceptors (Lipinski definition) is 6. The van der Waals surface area contributed by atoms with Gasteiger partial charge in [-0.2, -0.15) is 0 Å². The summed E-state index contributed by atoms with van der Waals surface area (Å²) in [5, 5.41) is 28.3. The molecule has 1 heterocycles. The topological polar surface area (TPSA) is 129 Å². The quantitative estimate of drug-likeness (QED) is 0.296. The first-order valence-corrected chi connectivity index (χ1v) is 8.98. The van der Waals surface area contributed by atoms with Crippen LogP contribution < -0.4 is 4.89 Å². The van der Waals surface area contributed by atoms with Crippen LogP contribution in [-0.2, 0) is 23.5 Å². The Bertz CT molecular complexity index is 1270. The van der Waals surface area contributed by atoms with E-state index in [0.717, 1.165) is 0 Å². The van der Waals surface area contributed by atoms with Crippen molar-refractivity contribution in [3.63, 3.8) is 0 Å². The van der Waals surface area contributed by atoms with E-state index in [4.69, 9.17) is 15.0 Å². The number of fused-ring (bicyclic) bond motifs is 1. The molecule has 0 bridgehead atoms. The number of rotatable bonds is 5. The summed E-state index contributed by atoms with van der Waals surface area (Å²) in [4.78, 5) is 37.3. The number of aliphatic imine (C=N–C) groups is 1. The van der Waals surface area contributed by atoms with Crippen LogP contribution in [0.5, 0.6) is 11.5 Å². The van der Waals surface area contributed by atoms with E-state index >= 15 is 0 Å². The van der Waals surface area contributed by atoms with Crippen molar-refractivity contribution in [2.75, 3.05) is 0 Å². The second-order valence-electron chi connectivity index (χ2n) is 6.50. The van der Waals surface area contributed by atoms with Crippen LogP contribution in [0.15, 0.2) is 65.7 Å². The molecule has 32 heavy (non-hydrogen) atoms. The van der Waals surface area contributed by atoms with Crippen molar-refractivity contribution in [3.8, 4) is 11.5 Å². The predicted octanol–water partition coefficient (Wildman–Crippen LogP) is 3.54. The van der Waals surface area contributed by atoms with Gasteiger partial charge in [-0.3, -0.25) is 0 Å². The molecule has 159 valence electrons. The average Bonchev–Trinajstić information content (AvgIpc) is 2.77. The number of para-hydroxylation sites is 2. The van der Waals surface area contributed by atoms with Gasteiger partial charge in [-0.1, -0.05) is 12.1 Å². The summed E-state index contributed by atoms with van der Waals surface area (Å²) in [5.41, 5.74) is 1.74. The van der Waals surface area contributed by atoms with Crippen LogP contribution in [0.3, 0.4) is 0 Å². The van der Waals surface area contributed by atoms with Crippen molar-refractivity contribution < 1.29 is 58.1 Å². The molecule has 4 rings (SSSR count). The fourth-order valence-corrected chi connectivity index (χ4v) is 2.89. The van der Waals surface area contributed by atoms with Crippen LogP contribution >= 0.6 is 0 Å². The van der Waals surface area contributed by atoms with E-state index in [9.17, 15) is 19.8 Å². The zero-order valence-electron chi connectivity index (χ0n) is 16.2. The predicted molar refractivity (Wildman–Crippen MR) is 109 cm³/mol. The van der Waals surface area contributed by atoms with E-state index in [1.807, 2.05) is 0 Å². The molecule has 1 aliphatic rings. The number of aromatic carboxylic acids is 2. The zero-order chi connectivity index (χ0) is 22.0. The molecule has 0 aliphatic carbocycles. The molecule has 0 aromatic heterocycles. The molecule has 0 unspecified atom stereocenters. The summed E-state index contributed by atoms with van der Waals surface area (Å²) >= 11 is 0. The fraction of sp³-hybridized carbons (Fsp3) is 0. The van der Waals surface area contributed by atoms with Gasteiger partial charge in [-0.15, -0.1) is 0 Å². The number of hydrogen-bond donors (Lipinski definition) is 3. The first kappa shape index (κ1) is 22.6. The molecule has 0 saturated heterocycles. The monoisotopic (exact) mass is 470 g/mol. The molecule has 0 spiro atoms. The number of benzene rings is 3. The number of carboxylic acid groups (broad SMARTS) is 2. The Labute approximate surface area is 193 Å². The number of aromatic hydroxyl groups is 1. The molecule has 0 saturated carbocycles. The largest absolute Gasteiger partial charge is 0.507 e. The first-order chi connectivity index (χ1) is 14.9. The molecule has 0 amide bonds. The Morgan fingerprint density at radius 3 is 2.38 bits per heavy atom. The second-order valence-corrected chi connectivity index (χ2v) is 6.50. The third-order valence-corrected chi connectivity index (χ3v) is 4.46. The Morgan fingerprint density at radius 1 is 0.938 bits per heavy atom. The number of phenolic OH excluding ortho intramolecular Hbond substituents is 1. The summed E-state index contributed by atoms with van der Waals surface area (Å²) in [7, 11) is 0. The van der Waals surface area contributed by atoms with Gasteiger partial charge in [0, 0.05) is 36.4 Å². The summed E-state index contributed by atoms with van der Waals surface area (Å²) in [5.74, 6) is -1.95. The van der Waals surface area contributed by atoms with Crippen LogP contribution in [0.4, 0.5) is 11.4 Å². The smallest absolute Gasteiger partial charge is 0.335 e. The Hall–Kier alpha value is -4.08. The molecule has 3 aromatic carbocycles. The van der Waals surface area contributed by atoms with Crippen LogP contribution in [0.1, 0.15) is 31.8 Å². The van der Waals surface area contributed by atoms with E-state index in [-0.39, 0.29) is 41.0 Å². The minimum absolute atomic E-state index is 0. The van der Waals surface area contributed by atoms with Gasteiger partial charge >= 0.3 is 11.9 Å². The average molecular weight is 470 g/mol. The van der Waals surface area contributed by atoms with Gasteiger partial charge in [-0.25, -0.2) is 19.5 Å². The Morgan fingerprint density at radius 2 is 1.62 bits per heavy atom. The second kappa shape index (κ2) is 9.38. The third kappa shape index (κ3) is 4.64. The fourth-order valence-electron chi connectivity index (χ4n) is 2.89. The molecule has 1 aliphatic heterocycles. The third-order valence-electron chi connectivity index (χ3n) is 4.46. The van der Waals surface area contributed by atoms with E-state index in [1.54, 1.807) is 30.5 Å². The standard InChI is InChI=1S/C22H14N2O7.V/c25-19-7-5-13(21(26)27)9-15(19)11-23-17-3-1-2-4-18(17)24-12-16-10-14(22(28)29)6-8-20(16)30-31-24;/h1-12H,(H2-,23,25,26,27,28,29);/p+1. The van der Waals surface area contributed by atoms with Crippen molar-refractivity contribution in [1.29, 1.82) is 0 Å². The van der Waals surface area contributed by atoms with Gasteiger partial charge in [0.05, 0.1) is 21.4 Å². The van der Waals surface area contributed by atoms with Crippen LogP contribution in [0.25, 0.3) is 0 Å². The maximum absolute atomic E-state index is 11.2. The first-order valence-electron chi connectivity index (χ1n) is 8.98. The van der Waals surface area contributed by atoms with Crippen LogP contribution in [0.2, 0.25) is 0 Å². The van der Waals surface area contributed by atoms with Crippen LogP contribution in [0, 0.1) is 0 Å². The molecule has 0 atom stereocenters. The SMILES string of the molecule is O=C(O)c1ccc(O)c(C=Nc2ccccc2[N+]2=Cc3cc(C(=O)O)ccc3OO2)c1.[V]. The maximum Gasteiger partial charge on any atom is 0.335 e. The van der Waals surface area contributed by atoms with Crippen molar-refractivity contribution in [2.45, 2.75) is 0 Å². The van der Waals surface area contributed by atoms with Gasteiger partial charge in [0.15, 0.2) is 5.75 Å². The number of nitrogens with zero attached hydrogens (tertiary/aromatic N) is 2. The van der Waals surface area contributed by atoms with E-state index in [2.05, 4.69) is 4.99 Å². The molecule has 3 aromatic rings. The molecule has 0 fully saturated rings. The molecule has 3 N–H and O–H groups in total.